The number of carbonyl (C=O) groups excluding carboxylic acids is 2. The topological polar surface area (TPSA) is 99.6 Å². The van der Waals surface area contributed by atoms with Gasteiger partial charge in [-0.15, -0.1) is 0 Å². The van der Waals surface area contributed by atoms with Crippen LogP contribution in [0.15, 0.2) is 48.7 Å². The molecular weight excluding hydrogens is 334 g/mol. The number of aromatic carboxylic acids is 1. The highest BCUT2D eigenvalue weighted by molar-refractivity contribution is 5.97. The first-order chi connectivity index (χ1) is 12.5. The molecule has 1 aliphatic heterocycles. The number of carbonyl (C=O) groups is 3. The SMILES string of the molecule is O=C1CC[C@@H](CN(Cc2ccccn2)C(=O)c2cccc(C(=O)O)c2)N1. The van der Waals surface area contributed by atoms with Gasteiger partial charge in [0.05, 0.1) is 17.8 Å². The van der Waals surface area contributed by atoms with Crippen LogP contribution >= 0.6 is 0 Å². The number of nitrogens with zero attached hydrogens (tertiary/aromatic N) is 2. The molecule has 0 spiro atoms. The van der Waals surface area contributed by atoms with E-state index < -0.39 is 5.97 Å². The Hall–Kier alpha value is -3.22. The highest BCUT2D eigenvalue weighted by atomic mass is 16.4. The number of pyridine rings is 1. The molecule has 0 saturated carbocycles. The van der Waals surface area contributed by atoms with E-state index >= 15 is 0 Å². The number of carboxylic acids is 1. The zero-order valence-electron chi connectivity index (χ0n) is 14.1. The third-order valence-electron chi connectivity index (χ3n) is 4.25. The maximum absolute atomic E-state index is 13.0. The summed E-state index contributed by atoms with van der Waals surface area (Å²) in [5, 5.41) is 12.0. The Balaban J connectivity index is 1.83. The fourth-order valence-corrected chi connectivity index (χ4v) is 2.95. The minimum atomic E-state index is -1.08. The third-order valence-corrected chi connectivity index (χ3v) is 4.25. The normalized spacial score (nSPS) is 16.2. The summed E-state index contributed by atoms with van der Waals surface area (Å²) in [6.45, 7) is 0.627. The number of hydrogen-bond donors (Lipinski definition) is 2. The predicted molar refractivity (Wildman–Crippen MR) is 93.5 cm³/mol. The fraction of sp³-hybridized carbons (Fsp3) is 0.263. The molecule has 134 valence electrons. The van der Waals surface area contributed by atoms with Gasteiger partial charge >= 0.3 is 5.97 Å². The van der Waals surface area contributed by atoms with Gasteiger partial charge in [-0.25, -0.2) is 4.79 Å². The Bertz CT molecular complexity index is 823. The van der Waals surface area contributed by atoms with Gasteiger partial charge in [0.25, 0.3) is 5.91 Å². The van der Waals surface area contributed by atoms with Crippen molar-refractivity contribution in [2.75, 3.05) is 6.54 Å². The predicted octanol–water partition coefficient (Wildman–Crippen LogP) is 1.70. The number of carboxylic acid groups (broad SMARTS) is 1. The summed E-state index contributed by atoms with van der Waals surface area (Å²) in [6.07, 6.45) is 2.77. The zero-order valence-corrected chi connectivity index (χ0v) is 14.1. The Labute approximate surface area is 150 Å². The van der Waals surface area contributed by atoms with Gasteiger partial charge in [0, 0.05) is 30.8 Å². The van der Waals surface area contributed by atoms with Gasteiger partial charge in [-0.1, -0.05) is 12.1 Å². The van der Waals surface area contributed by atoms with Gasteiger partial charge in [0.15, 0.2) is 0 Å². The molecule has 7 nitrogen and oxygen atoms in total. The first-order valence-electron chi connectivity index (χ1n) is 8.35. The number of benzene rings is 1. The molecule has 7 heteroatoms. The number of hydrogen-bond acceptors (Lipinski definition) is 4. The van der Waals surface area contributed by atoms with E-state index in [1.54, 1.807) is 29.3 Å². The Kier molecular flexibility index (Phi) is 5.26. The van der Waals surface area contributed by atoms with Crippen LogP contribution in [0.5, 0.6) is 0 Å². The van der Waals surface area contributed by atoms with Crippen LogP contribution < -0.4 is 5.32 Å². The molecule has 2 heterocycles. The summed E-state index contributed by atoms with van der Waals surface area (Å²) in [5.74, 6) is -1.40. The van der Waals surface area contributed by atoms with Crippen LogP contribution in [0.2, 0.25) is 0 Å². The second-order valence-electron chi connectivity index (χ2n) is 6.20. The van der Waals surface area contributed by atoms with Crippen molar-refractivity contribution in [3.63, 3.8) is 0 Å². The number of aromatic nitrogens is 1. The van der Waals surface area contributed by atoms with Crippen LogP contribution in [-0.2, 0) is 11.3 Å². The van der Waals surface area contributed by atoms with Crippen LogP contribution in [0.3, 0.4) is 0 Å². The van der Waals surface area contributed by atoms with Crippen molar-refractivity contribution < 1.29 is 19.5 Å². The molecule has 2 N–H and O–H groups in total. The van der Waals surface area contributed by atoms with E-state index in [2.05, 4.69) is 10.3 Å². The lowest BCUT2D eigenvalue weighted by atomic mass is 10.1. The largest absolute Gasteiger partial charge is 0.478 e. The number of nitrogens with one attached hydrogen (secondary N) is 1. The van der Waals surface area contributed by atoms with Crippen LogP contribution in [0, 0.1) is 0 Å². The molecule has 0 bridgehead atoms. The van der Waals surface area contributed by atoms with Crippen LogP contribution in [-0.4, -0.2) is 45.4 Å². The second-order valence-corrected chi connectivity index (χ2v) is 6.20. The molecule has 1 aliphatic rings. The molecule has 2 aromatic rings. The van der Waals surface area contributed by atoms with E-state index in [1.165, 1.54) is 12.1 Å². The second kappa shape index (κ2) is 7.77. The van der Waals surface area contributed by atoms with Crippen LogP contribution in [0.25, 0.3) is 0 Å². The van der Waals surface area contributed by atoms with Gasteiger partial charge in [-0.3, -0.25) is 14.6 Å². The monoisotopic (exact) mass is 353 g/mol. The van der Waals surface area contributed by atoms with Crippen molar-refractivity contribution in [1.29, 1.82) is 0 Å². The molecule has 1 aromatic carbocycles. The van der Waals surface area contributed by atoms with Crippen LogP contribution in [0.1, 0.15) is 39.3 Å². The molecule has 2 amide bonds. The fourth-order valence-electron chi connectivity index (χ4n) is 2.95. The summed E-state index contributed by atoms with van der Waals surface area (Å²) in [5.41, 5.74) is 1.08. The lowest BCUT2D eigenvalue weighted by Gasteiger charge is -2.25. The summed E-state index contributed by atoms with van der Waals surface area (Å²) in [4.78, 5) is 41.5. The Morgan fingerprint density at radius 3 is 2.65 bits per heavy atom. The summed E-state index contributed by atoms with van der Waals surface area (Å²) < 4.78 is 0. The Morgan fingerprint density at radius 2 is 2.00 bits per heavy atom. The average Bonchev–Trinajstić information content (AvgIpc) is 3.06. The van der Waals surface area contributed by atoms with Crippen molar-refractivity contribution in [3.05, 3.63) is 65.5 Å². The molecule has 1 aromatic heterocycles. The van der Waals surface area contributed by atoms with Crippen molar-refractivity contribution >= 4 is 17.8 Å². The van der Waals surface area contributed by atoms with Gasteiger partial charge in [-0.2, -0.15) is 0 Å². The maximum Gasteiger partial charge on any atom is 0.335 e. The van der Waals surface area contributed by atoms with Gasteiger partial charge in [-0.05, 0) is 36.8 Å². The Morgan fingerprint density at radius 1 is 1.19 bits per heavy atom. The first kappa shape index (κ1) is 17.6. The molecule has 26 heavy (non-hydrogen) atoms. The molecule has 3 rings (SSSR count). The molecule has 1 fully saturated rings. The van der Waals surface area contributed by atoms with Gasteiger partial charge < -0.3 is 15.3 Å². The highest BCUT2D eigenvalue weighted by Gasteiger charge is 2.26. The lowest BCUT2D eigenvalue weighted by molar-refractivity contribution is -0.119. The third kappa shape index (κ3) is 4.24. The van der Waals surface area contributed by atoms with E-state index in [1.807, 2.05) is 12.1 Å². The minimum Gasteiger partial charge on any atom is -0.478 e. The first-order valence-corrected chi connectivity index (χ1v) is 8.35. The summed E-state index contributed by atoms with van der Waals surface area (Å²) in [7, 11) is 0. The minimum absolute atomic E-state index is 0.0203. The van der Waals surface area contributed by atoms with Gasteiger partial charge in [0.2, 0.25) is 5.91 Å². The van der Waals surface area contributed by atoms with Crippen molar-refractivity contribution in [1.82, 2.24) is 15.2 Å². The van der Waals surface area contributed by atoms with E-state index in [-0.39, 0.29) is 30.0 Å². The van der Waals surface area contributed by atoms with E-state index in [4.69, 9.17) is 5.11 Å². The van der Waals surface area contributed by atoms with E-state index in [0.29, 0.717) is 24.9 Å². The molecule has 1 saturated heterocycles. The summed E-state index contributed by atoms with van der Waals surface area (Å²) >= 11 is 0. The smallest absolute Gasteiger partial charge is 0.335 e. The van der Waals surface area contributed by atoms with E-state index in [9.17, 15) is 14.4 Å². The maximum atomic E-state index is 13.0. The standard InChI is InChI=1S/C19H19N3O4/c23-17-8-7-16(21-17)12-22(11-15-6-1-2-9-20-15)18(24)13-4-3-5-14(10-13)19(25)26/h1-6,9-10,16H,7-8,11-12H2,(H,21,23)(H,25,26)/t16-/m0/s1. The molecule has 0 radical (unpaired) electrons. The average molecular weight is 353 g/mol. The highest BCUT2D eigenvalue weighted by Crippen LogP contribution is 2.15. The molecular formula is C19H19N3O4. The van der Waals surface area contributed by atoms with E-state index in [0.717, 1.165) is 5.69 Å². The molecule has 0 aliphatic carbocycles. The zero-order chi connectivity index (χ0) is 18.5. The van der Waals surface area contributed by atoms with Gasteiger partial charge in [0.1, 0.15) is 0 Å². The van der Waals surface area contributed by atoms with Crippen molar-refractivity contribution in [3.8, 4) is 0 Å². The number of rotatable bonds is 6. The van der Waals surface area contributed by atoms with Crippen molar-refractivity contribution in [2.24, 2.45) is 0 Å². The van der Waals surface area contributed by atoms with Crippen molar-refractivity contribution in [2.45, 2.75) is 25.4 Å². The van der Waals surface area contributed by atoms with Crippen LogP contribution in [0.4, 0.5) is 0 Å². The summed E-state index contributed by atoms with van der Waals surface area (Å²) in [6, 6.07) is 11.3. The molecule has 1 atom stereocenters. The molecule has 0 unspecified atom stereocenters. The quantitative estimate of drug-likeness (QED) is 0.823. The lowest BCUT2D eigenvalue weighted by Crippen LogP contribution is -2.41. The number of amides is 2.